The molecule has 3 nitrogen and oxygen atoms in total. The second-order valence-electron chi connectivity index (χ2n) is 5.25. The number of allylic oxidation sites excluding steroid dienone is 1. The summed E-state index contributed by atoms with van der Waals surface area (Å²) in [6.07, 6.45) is 4.32. The predicted octanol–water partition coefficient (Wildman–Crippen LogP) is 3.74. The van der Waals surface area contributed by atoms with Crippen LogP contribution >= 0.6 is 0 Å². The molecule has 0 aromatic heterocycles. The topological polar surface area (TPSA) is 46.2 Å². The number of amides is 1. The fourth-order valence-electron chi connectivity index (χ4n) is 2.46. The highest BCUT2D eigenvalue weighted by molar-refractivity contribution is 5.99. The van der Waals surface area contributed by atoms with E-state index in [4.69, 9.17) is 0 Å². The number of anilines is 1. The van der Waals surface area contributed by atoms with Crippen molar-refractivity contribution in [2.75, 3.05) is 5.32 Å². The number of rotatable bonds is 5. The molecular weight excluding hydrogens is 250 g/mol. The second-order valence-corrected chi connectivity index (χ2v) is 5.25. The van der Waals surface area contributed by atoms with Crippen LogP contribution in [0.2, 0.25) is 0 Å². The molecule has 1 aromatic rings. The third kappa shape index (κ3) is 2.44. The molecule has 20 heavy (non-hydrogen) atoms. The minimum Gasteiger partial charge on any atom is -0.325 e. The molecule has 2 rings (SSSR count). The van der Waals surface area contributed by atoms with Gasteiger partial charge in [0.25, 0.3) is 0 Å². The maximum Gasteiger partial charge on any atom is 0.235 e. The highest BCUT2D eigenvalue weighted by atomic mass is 16.2. The second kappa shape index (κ2) is 5.45. The molecule has 1 amide bonds. The van der Waals surface area contributed by atoms with Crippen molar-refractivity contribution in [2.45, 2.75) is 26.2 Å². The molecule has 1 aromatic carbocycles. The number of Topliss-reactive ketones (excluding diaryl/α,β-unsaturated/α-hetero) is 1. The SMILES string of the molecule is C=CC(=C)C1(C(=O)Nc2ccc(C(C)=O)cc2)CCC1. The van der Waals surface area contributed by atoms with E-state index in [0.717, 1.165) is 24.8 Å². The third-order valence-corrected chi connectivity index (χ3v) is 4.05. The highest BCUT2D eigenvalue weighted by Gasteiger charge is 2.45. The van der Waals surface area contributed by atoms with E-state index in [9.17, 15) is 9.59 Å². The molecule has 0 spiro atoms. The monoisotopic (exact) mass is 269 g/mol. The van der Waals surface area contributed by atoms with Crippen LogP contribution in [0.3, 0.4) is 0 Å². The highest BCUT2D eigenvalue weighted by Crippen LogP contribution is 2.47. The molecule has 0 unspecified atom stereocenters. The lowest BCUT2D eigenvalue weighted by atomic mass is 9.63. The van der Waals surface area contributed by atoms with Crippen molar-refractivity contribution in [3.63, 3.8) is 0 Å². The van der Waals surface area contributed by atoms with Crippen LogP contribution in [0.25, 0.3) is 0 Å². The summed E-state index contributed by atoms with van der Waals surface area (Å²) in [6.45, 7) is 9.17. The van der Waals surface area contributed by atoms with E-state index >= 15 is 0 Å². The molecule has 0 aliphatic heterocycles. The van der Waals surface area contributed by atoms with Gasteiger partial charge in [-0.25, -0.2) is 0 Å². The standard InChI is InChI=1S/C17H19NO2/c1-4-12(2)17(10-5-11-17)16(20)18-15-8-6-14(7-9-15)13(3)19/h4,6-9H,1-2,5,10-11H2,3H3,(H,18,20). The fourth-order valence-corrected chi connectivity index (χ4v) is 2.46. The molecule has 0 bridgehead atoms. The summed E-state index contributed by atoms with van der Waals surface area (Å²) in [5.74, 6) is -0.0254. The first kappa shape index (κ1) is 14.3. The molecule has 1 fully saturated rings. The summed E-state index contributed by atoms with van der Waals surface area (Å²) in [5.41, 5.74) is 1.61. The van der Waals surface area contributed by atoms with E-state index in [1.807, 2.05) is 0 Å². The van der Waals surface area contributed by atoms with Crippen LogP contribution in [-0.4, -0.2) is 11.7 Å². The van der Waals surface area contributed by atoms with Crippen molar-refractivity contribution in [2.24, 2.45) is 5.41 Å². The number of hydrogen-bond donors (Lipinski definition) is 1. The van der Waals surface area contributed by atoms with Crippen LogP contribution in [0.15, 0.2) is 49.1 Å². The van der Waals surface area contributed by atoms with E-state index < -0.39 is 5.41 Å². The zero-order chi connectivity index (χ0) is 14.8. The van der Waals surface area contributed by atoms with Crippen LogP contribution in [-0.2, 0) is 4.79 Å². The Kier molecular flexibility index (Phi) is 3.89. The van der Waals surface area contributed by atoms with E-state index in [1.165, 1.54) is 6.92 Å². The van der Waals surface area contributed by atoms with Gasteiger partial charge in [-0.15, -0.1) is 0 Å². The summed E-state index contributed by atoms with van der Waals surface area (Å²) >= 11 is 0. The Balaban J connectivity index is 2.13. The number of carbonyl (C=O) groups is 2. The van der Waals surface area contributed by atoms with E-state index in [2.05, 4.69) is 18.5 Å². The Bertz CT molecular complexity index is 565. The van der Waals surface area contributed by atoms with Gasteiger partial charge in [0.05, 0.1) is 5.41 Å². The van der Waals surface area contributed by atoms with E-state index in [1.54, 1.807) is 30.3 Å². The summed E-state index contributed by atoms with van der Waals surface area (Å²) in [5, 5.41) is 2.91. The van der Waals surface area contributed by atoms with Crippen LogP contribution < -0.4 is 5.32 Å². The van der Waals surface area contributed by atoms with Gasteiger partial charge in [0.2, 0.25) is 5.91 Å². The van der Waals surface area contributed by atoms with Crippen LogP contribution in [0.5, 0.6) is 0 Å². The largest absolute Gasteiger partial charge is 0.325 e. The predicted molar refractivity (Wildman–Crippen MR) is 80.7 cm³/mol. The first-order chi connectivity index (χ1) is 9.49. The normalized spacial score (nSPS) is 15.8. The van der Waals surface area contributed by atoms with Crippen molar-refractivity contribution in [1.82, 2.24) is 0 Å². The number of benzene rings is 1. The van der Waals surface area contributed by atoms with E-state index in [-0.39, 0.29) is 11.7 Å². The van der Waals surface area contributed by atoms with Gasteiger partial charge in [-0.2, -0.15) is 0 Å². The molecule has 0 atom stereocenters. The minimum atomic E-state index is -0.499. The summed E-state index contributed by atoms with van der Waals surface area (Å²) in [6, 6.07) is 6.93. The number of carbonyl (C=O) groups excluding carboxylic acids is 2. The Morgan fingerprint density at radius 3 is 2.25 bits per heavy atom. The Hall–Kier alpha value is -2.16. The lowest BCUT2D eigenvalue weighted by Crippen LogP contribution is -2.42. The first-order valence-electron chi connectivity index (χ1n) is 6.74. The van der Waals surface area contributed by atoms with Gasteiger partial charge in [-0.05, 0) is 49.6 Å². The maximum absolute atomic E-state index is 12.4. The Morgan fingerprint density at radius 1 is 1.25 bits per heavy atom. The van der Waals surface area contributed by atoms with Crippen LogP contribution in [0.4, 0.5) is 5.69 Å². The number of hydrogen-bond acceptors (Lipinski definition) is 2. The quantitative estimate of drug-likeness (QED) is 0.653. The van der Waals surface area contributed by atoms with Crippen molar-refractivity contribution in [1.29, 1.82) is 0 Å². The van der Waals surface area contributed by atoms with Gasteiger partial charge >= 0.3 is 0 Å². The lowest BCUT2D eigenvalue weighted by Gasteiger charge is -2.41. The van der Waals surface area contributed by atoms with Gasteiger partial charge in [0.15, 0.2) is 5.78 Å². The summed E-state index contributed by atoms with van der Waals surface area (Å²) in [4.78, 5) is 23.7. The molecular formula is C17H19NO2. The van der Waals surface area contributed by atoms with E-state index in [0.29, 0.717) is 11.3 Å². The van der Waals surface area contributed by atoms with Crippen LogP contribution in [0, 0.1) is 5.41 Å². The molecule has 1 aliphatic rings. The molecule has 0 saturated heterocycles. The Morgan fingerprint density at radius 2 is 1.85 bits per heavy atom. The average molecular weight is 269 g/mol. The maximum atomic E-state index is 12.4. The first-order valence-corrected chi connectivity index (χ1v) is 6.74. The molecule has 1 saturated carbocycles. The third-order valence-electron chi connectivity index (χ3n) is 4.05. The smallest absolute Gasteiger partial charge is 0.235 e. The summed E-state index contributed by atoms with van der Waals surface area (Å²) < 4.78 is 0. The minimum absolute atomic E-state index is 0.0124. The molecule has 1 N–H and O–H groups in total. The van der Waals surface area contributed by atoms with Gasteiger partial charge in [0, 0.05) is 11.3 Å². The van der Waals surface area contributed by atoms with Crippen LogP contribution in [0.1, 0.15) is 36.5 Å². The van der Waals surface area contributed by atoms with Gasteiger partial charge in [-0.1, -0.05) is 25.7 Å². The average Bonchev–Trinajstić information content (AvgIpc) is 2.37. The number of nitrogens with one attached hydrogen (secondary N) is 1. The number of ketones is 1. The molecule has 3 heteroatoms. The zero-order valence-electron chi connectivity index (χ0n) is 11.7. The molecule has 1 aliphatic carbocycles. The molecule has 104 valence electrons. The lowest BCUT2D eigenvalue weighted by molar-refractivity contribution is -0.127. The van der Waals surface area contributed by atoms with Gasteiger partial charge < -0.3 is 5.32 Å². The fraction of sp³-hybridized carbons (Fsp3) is 0.294. The van der Waals surface area contributed by atoms with Crippen molar-refractivity contribution in [3.05, 3.63) is 54.6 Å². The van der Waals surface area contributed by atoms with Gasteiger partial charge in [-0.3, -0.25) is 9.59 Å². The van der Waals surface area contributed by atoms with Crippen molar-refractivity contribution >= 4 is 17.4 Å². The molecule has 0 radical (unpaired) electrons. The summed E-state index contributed by atoms with van der Waals surface area (Å²) in [7, 11) is 0. The van der Waals surface area contributed by atoms with Crippen molar-refractivity contribution in [3.8, 4) is 0 Å². The zero-order valence-corrected chi connectivity index (χ0v) is 11.7. The molecule has 0 heterocycles. The van der Waals surface area contributed by atoms with Gasteiger partial charge in [0.1, 0.15) is 0 Å². The van der Waals surface area contributed by atoms with Crippen molar-refractivity contribution < 1.29 is 9.59 Å². The Labute approximate surface area is 119 Å².